The number of benzene rings is 1. The van der Waals surface area contributed by atoms with Gasteiger partial charge in [0.1, 0.15) is 5.82 Å². The highest BCUT2D eigenvalue weighted by molar-refractivity contribution is 5.81. The molecule has 0 saturated carbocycles. The van der Waals surface area contributed by atoms with E-state index in [1.165, 1.54) is 0 Å². The van der Waals surface area contributed by atoms with Gasteiger partial charge < -0.3 is 10.3 Å². The second-order valence-electron chi connectivity index (χ2n) is 4.96. The lowest BCUT2D eigenvalue weighted by atomic mass is 10.2. The first-order valence-corrected chi connectivity index (χ1v) is 6.84. The van der Waals surface area contributed by atoms with E-state index in [4.69, 9.17) is 10.7 Å². The van der Waals surface area contributed by atoms with Gasteiger partial charge in [0.2, 0.25) is 0 Å². The van der Waals surface area contributed by atoms with Gasteiger partial charge in [-0.15, -0.1) is 0 Å². The largest absolute Gasteiger partial charge is 0.326 e. The van der Waals surface area contributed by atoms with Crippen molar-refractivity contribution in [3.8, 4) is 11.4 Å². The summed E-state index contributed by atoms with van der Waals surface area (Å²) in [5.74, 6) is 0.966. The third-order valence-electron chi connectivity index (χ3n) is 3.50. The van der Waals surface area contributed by atoms with Crippen molar-refractivity contribution in [2.24, 2.45) is 5.73 Å². The third-order valence-corrected chi connectivity index (χ3v) is 3.50. The topological polar surface area (TPSA) is 56.7 Å². The van der Waals surface area contributed by atoms with Crippen LogP contribution in [-0.2, 0) is 13.1 Å². The highest BCUT2D eigenvalue weighted by atomic mass is 15.1. The average Bonchev–Trinajstić information content (AvgIpc) is 2.84. The quantitative estimate of drug-likeness (QED) is 0.793. The summed E-state index contributed by atoms with van der Waals surface area (Å²) in [6.45, 7) is 5.59. The maximum absolute atomic E-state index is 5.70. The number of rotatable bonds is 3. The summed E-state index contributed by atoms with van der Waals surface area (Å²) in [5, 5.41) is 0. The Bertz CT molecular complexity index is 758. The van der Waals surface area contributed by atoms with Crippen molar-refractivity contribution in [2.45, 2.75) is 26.9 Å². The van der Waals surface area contributed by atoms with Crippen molar-refractivity contribution in [3.05, 3.63) is 47.8 Å². The van der Waals surface area contributed by atoms with Crippen molar-refractivity contribution in [1.29, 1.82) is 0 Å². The highest BCUT2D eigenvalue weighted by Crippen LogP contribution is 2.25. The summed E-state index contributed by atoms with van der Waals surface area (Å²) < 4.78 is 2.21. The molecule has 0 fully saturated rings. The van der Waals surface area contributed by atoms with Crippen LogP contribution in [-0.4, -0.2) is 14.5 Å². The normalized spacial score (nSPS) is 11.2. The number of hydrogen-bond donors (Lipinski definition) is 1. The Hall–Kier alpha value is -2.20. The Morgan fingerprint density at radius 2 is 2.05 bits per heavy atom. The van der Waals surface area contributed by atoms with Gasteiger partial charge in [-0.3, -0.25) is 4.98 Å². The van der Waals surface area contributed by atoms with Gasteiger partial charge in [-0.25, -0.2) is 4.98 Å². The molecular formula is C16H18N4. The Labute approximate surface area is 118 Å². The molecule has 0 saturated heterocycles. The zero-order valence-electron chi connectivity index (χ0n) is 11.8. The Morgan fingerprint density at radius 3 is 2.75 bits per heavy atom. The van der Waals surface area contributed by atoms with Crippen LogP contribution in [0.4, 0.5) is 0 Å². The molecule has 2 heterocycles. The number of imidazole rings is 1. The van der Waals surface area contributed by atoms with Crippen LogP contribution < -0.4 is 5.73 Å². The first-order chi connectivity index (χ1) is 9.72. The molecule has 0 aliphatic rings. The predicted octanol–water partition coefficient (Wildman–Crippen LogP) is 2.89. The number of nitrogens with two attached hydrogens (primary N) is 1. The molecule has 0 radical (unpaired) electrons. The van der Waals surface area contributed by atoms with Gasteiger partial charge in [0.15, 0.2) is 0 Å². The van der Waals surface area contributed by atoms with Crippen LogP contribution in [0.15, 0.2) is 36.7 Å². The average molecular weight is 266 g/mol. The molecule has 1 aromatic carbocycles. The number of fused-ring (bicyclic) bond motifs is 1. The number of aromatic nitrogens is 3. The minimum atomic E-state index is 0.538. The zero-order chi connectivity index (χ0) is 14.1. The molecular weight excluding hydrogens is 248 g/mol. The molecule has 0 aliphatic heterocycles. The number of aryl methyl sites for hydroxylation is 2. The van der Waals surface area contributed by atoms with Gasteiger partial charge in [0.05, 0.1) is 11.0 Å². The van der Waals surface area contributed by atoms with Crippen LogP contribution in [0, 0.1) is 6.92 Å². The molecule has 0 spiro atoms. The summed E-state index contributed by atoms with van der Waals surface area (Å²) in [7, 11) is 0. The van der Waals surface area contributed by atoms with E-state index in [1.54, 1.807) is 0 Å². The van der Waals surface area contributed by atoms with Crippen molar-refractivity contribution < 1.29 is 0 Å². The van der Waals surface area contributed by atoms with E-state index in [0.717, 1.165) is 40.1 Å². The van der Waals surface area contributed by atoms with Crippen LogP contribution >= 0.6 is 0 Å². The van der Waals surface area contributed by atoms with Crippen molar-refractivity contribution in [2.75, 3.05) is 0 Å². The summed E-state index contributed by atoms with van der Waals surface area (Å²) in [6.07, 6.45) is 3.72. The van der Waals surface area contributed by atoms with E-state index in [0.29, 0.717) is 6.54 Å². The van der Waals surface area contributed by atoms with E-state index >= 15 is 0 Å². The van der Waals surface area contributed by atoms with Crippen LogP contribution in [0.1, 0.15) is 18.1 Å². The molecule has 0 atom stereocenters. The van der Waals surface area contributed by atoms with Crippen LogP contribution in [0.25, 0.3) is 22.4 Å². The van der Waals surface area contributed by atoms with Gasteiger partial charge in [0.25, 0.3) is 0 Å². The van der Waals surface area contributed by atoms with Crippen LogP contribution in [0.5, 0.6) is 0 Å². The van der Waals surface area contributed by atoms with Gasteiger partial charge in [-0.2, -0.15) is 0 Å². The van der Waals surface area contributed by atoms with Crippen molar-refractivity contribution in [1.82, 2.24) is 14.5 Å². The van der Waals surface area contributed by atoms with Crippen LogP contribution in [0.2, 0.25) is 0 Å². The first kappa shape index (κ1) is 12.8. The second-order valence-corrected chi connectivity index (χ2v) is 4.96. The summed E-state index contributed by atoms with van der Waals surface area (Å²) in [4.78, 5) is 9.04. The van der Waals surface area contributed by atoms with E-state index in [-0.39, 0.29) is 0 Å². The smallest absolute Gasteiger partial charge is 0.142 e. The predicted molar refractivity (Wildman–Crippen MR) is 81.3 cm³/mol. The van der Waals surface area contributed by atoms with E-state index < -0.39 is 0 Å². The van der Waals surface area contributed by atoms with Gasteiger partial charge in [-0.05, 0) is 43.2 Å². The zero-order valence-corrected chi connectivity index (χ0v) is 11.8. The Balaban J connectivity index is 2.24. The Kier molecular flexibility index (Phi) is 3.24. The fourth-order valence-corrected chi connectivity index (χ4v) is 2.52. The lowest BCUT2D eigenvalue weighted by molar-refractivity contribution is 0.795. The molecule has 20 heavy (non-hydrogen) atoms. The number of pyridine rings is 1. The second kappa shape index (κ2) is 5.06. The minimum absolute atomic E-state index is 0.538. The molecule has 3 rings (SSSR count). The molecule has 4 heteroatoms. The SMILES string of the molecule is CCn1c(-c2cncc(C)c2)nc2cc(CN)ccc21. The molecule has 0 bridgehead atoms. The van der Waals surface area contributed by atoms with E-state index in [2.05, 4.69) is 40.7 Å². The standard InChI is InChI=1S/C16H18N4/c1-3-20-15-5-4-12(8-17)7-14(15)19-16(20)13-6-11(2)9-18-10-13/h4-7,9-10H,3,8,17H2,1-2H3. The highest BCUT2D eigenvalue weighted by Gasteiger charge is 2.12. The molecule has 4 nitrogen and oxygen atoms in total. The number of hydrogen-bond acceptors (Lipinski definition) is 3. The summed E-state index contributed by atoms with van der Waals surface area (Å²) in [5.41, 5.74) is 11.1. The molecule has 0 aliphatic carbocycles. The summed E-state index contributed by atoms with van der Waals surface area (Å²) >= 11 is 0. The molecule has 102 valence electrons. The van der Waals surface area contributed by atoms with Gasteiger partial charge in [-0.1, -0.05) is 6.07 Å². The molecule has 0 amide bonds. The fraction of sp³-hybridized carbons (Fsp3) is 0.250. The summed E-state index contributed by atoms with van der Waals surface area (Å²) in [6, 6.07) is 8.34. The van der Waals surface area contributed by atoms with Crippen molar-refractivity contribution >= 4 is 11.0 Å². The van der Waals surface area contributed by atoms with Crippen LogP contribution in [0.3, 0.4) is 0 Å². The third kappa shape index (κ3) is 2.08. The van der Waals surface area contributed by atoms with Crippen molar-refractivity contribution in [3.63, 3.8) is 0 Å². The first-order valence-electron chi connectivity index (χ1n) is 6.84. The van der Waals surface area contributed by atoms with E-state index in [9.17, 15) is 0 Å². The number of nitrogens with zero attached hydrogens (tertiary/aromatic N) is 3. The molecule has 2 N–H and O–H groups in total. The molecule has 3 aromatic rings. The molecule has 2 aromatic heterocycles. The lowest BCUT2D eigenvalue weighted by Gasteiger charge is -2.06. The van der Waals surface area contributed by atoms with Gasteiger partial charge >= 0.3 is 0 Å². The lowest BCUT2D eigenvalue weighted by Crippen LogP contribution is -1.98. The maximum atomic E-state index is 5.70. The van der Waals surface area contributed by atoms with E-state index in [1.807, 2.05) is 19.3 Å². The maximum Gasteiger partial charge on any atom is 0.142 e. The monoisotopic (exact) mass is 266 g/mol. The molecule has 0 unspecified atom stereocenters. The fourth-order valence-electron chi connectivity index (χ4n) is 2.52. The van der Waals surface area contributed by atoms with Gasteiger partial charge in [0, 0.05) is 31.0 Å². The Morgan fingerprint density at radius 1 is 1.20 bits per heavy atom. The minimum Gasteiger partial charge on any atom is -0.326 e.